The predicted octanol–water partition coefficient (Wildman–Crippen LogP) is 4.13. The van der Waals surface area contributed by atoms with E-state index in [0.717, 1.165) is 30.6 Å². The monoisotopic (exact) mass is 480 g/mol. The Morgan fingerprint density at radius 1 is 1.19 bits per heavy atom. The van der Waals surface area contributed by atoms with E-state index in [-0.39, 0.29) is 39.9 Å². The van der Waals surface area contributed by atoms with E-state index in [1.807, 2.05) is 0 Å². The van der Waals surface area contributed by atoms with Crippen molar-refractivity contribution in [2.45, 2.75) is 75.3 Å². The van der Waals surface area contributed by atoms with Gasteiger partial charge in [-0.25, -0.2) is 13.1 Å². The maximum Gasteiger partial charge on any atom is 0.251 e. The number of hydrogen-bond acceptors (Lipinski definition) is 4. The van der Waals surface area contributed by atoms with Crippen LogP contribution in [0.1, 0.15) is 68.6 Å². The van der Waals surface area contributed by atoms with E-state index < -0.39 is 10.0 Å². The van der Waals surface area contributed by atoms with E-state index in [2.05, 4.69) is 17.0 Å². The molecule has 0 aromatic heterocycles. The summed E-state index contributed by atoms with van der Waals surface area (Å²) in [4.78, 5) is 13.1. The third-order valence-electron chi connectivity index (χ3n) is 8.36. The van der Waals surface area contributed by atoms with Crippen molar-refractivity contribution in [3.63, 3.8) is 0 Å². The lowest BCUT2D eigenvalue weighted by atomic mass is 9.48. The van der Waals surface area contributed by atoms with Crippen molar-refractivity contribution in [1.82, 2.24) is 10.0 Å². The Balaban J connectivity index is 1.29. The Bertz CT molecular complexity index is 954. The molecule has 6 rings (SSSR count). The van der Waals surface area contributed by atoms with Crippen molar-refractivity contribution in [3.8, 4) is 0 Å². The van der Waals surface area contributed by atoms with Crippen molar-refractivity contribution in [3.05, 3.63) is 28.8 Å². The van der Waals surface area contributed by atoms with Gasteiger partial charge in [0, 0.05) is 24.8 Å². The molecule has 5 fully saturated rings. The van der Waals surface area contributed by atoms with E-state index in [1.54, 1.807) is 6.07 Å². The molecule has 1 aromatic carbocycles. The first-order chi connectivity index (χ1) is 15.2. The number of benzene rings is 1. The van der Waals surface area contributed by atoms with Gasteiger partial charge >= 0.3 is 0 Å². The molecule has 0 radical (unpaired) electrons. The molecule has 8 heteroatoms. The van der Waals surface area contributed by atoms with Crippen LogP contribution in [0.4, 0.5) is 0 Å². The molecular weight excluding hydrogens is 448 g/mol. The lowest BCUT2D eigenvalue weighted by molar-refractivity contribution is -0.0688. The zero-order chi connectivity index (χ0) is 22.5. The molecule has 32 heavy (non-hydrogen) atoms. The highest BCUT2D eigenvalue weighted by molar-refractivity contribution is 7.89. The third kappa shape index (κ3) is 4.33. The van der Waals surface area contributed by atoms with Gasteiger partial charge in [0.25, 0.3) is 5.91 Å². The first kappa shape index (κ1) is 22.6. The van der Waals surface area contributed by atoms with Crippen molar-refractivity contribution in [2.24, 2.45) is 23.2 Å². The molecule has 1 amide bonds. The van der Waals surface area contributed by atoms with Gasteiger partial charge in [0.2, 0.25) is 10.0 Å². The summed E-state index contributed by atoms with van der Waals surface area (Å²) in [5, 5.41) is 3.32. The maximum atomic E-state index is 13.1. The number of carbonyl (C=O) groups is 1. The minimum absolute atomic E-state index is 0.0627. The van der Waals surface area contributed by atoms with Gasteiger partial charge in [-0.15, -0.1) is 0 Å². The smallest absolute Gasteiger partial charge is 0.251 e. The third-order valence-corrected chi connectivity index (χ3v) is 10.3. The molecule has 4 aliphatic carbocycles. The van der Waals surface area contributed by atoms with Gasteiger partial charge in [-0.3, -0.25) is 4.79 Å². The molecule has 1 heterocycles. The Morgan fingerprint density at radius 2 is 1.84 bits per heavy atom. The Hall–Kier alpha value is -1.15. The van der Waals surface area contributed by atoms with Crippen LogP contribution in [0.25, 0.3) is 0 Å². The number of ether oxygens (including phenoxy) is 1. The SMILES string of the molecule is C[C@@H](NC(=O)c1ccc(Cl)c(S(=O)(=O)NC[C@@H]2CCCO2)c1)C12CC3CC(CC(C3)C1)C2. The lowest BCUT2D eigenvalue weighted by Crippen LogP contribution is -2.55. The molecule has 1 saturated heterocycles. The van der Waals surface area contributed by atoms with Gasteiger partial charge < -0.3 is 10.1 Å². The maximum absolute atomic E-state index is 13.1. The normalized spacial score (nSPS) is 34.6. The molecule has 4 bridgehead atoms. The second-order valence-electron chi connectivity index (χ2n) is 10.6. The minimum Gasteiger partial charge on any atom is -0.377 e. The van der Waals surface area contributed by atoms with Gasteiger partial charge in [-0.1, -0.05) is 11.6 Å². The van der Waals surface area contributed by atoms with Crippen LogP contribution in [-0.2, 0) is 14.8 Å². The fourth-order valence-electron chi connectivity index (χ4n) is 7.08. The molecule has 1 aromatic rings. The first-order valence-electron chi connectivity index (χ1n) is 12.0. The molecule has 0 spiro atoms. The molecule has 5 aliphatic rings. The summed E-state index contributed by atoms with van der Waals surface area (Å²) in [6.07, 6.45) is 9.34. The molecule has 176 valence electrons. The van der Waals surface area contributed by atoms with Gasteiger partial charge in [-0.05, 0) is 99.7 Å². The van der Waals surface area contributed by atoms with Crippen LogP contribution in [0.3, 0.4) is 0 Å². The lowest BCUT2D eigenvalue weighted by Gasteiger charge is -2.59. The molecule has 0 unspecified atom stereocenters. The van der Waals surface area contributed by atoms with Crippen molar-refractivity contribution >= 4 is 27.5 Å². The van der Waals surface area contributed by atoms with Gasteiger partial charge in [-0.2, -0.15) is 0 Å². The first-order valence-corrected chi connectivity index (χ1v) is 13.8. The average Bonchev–Trinajstić information content (AvgIpc) is 3.25. The summed E-state index contributed by atoms with van der Waals surface area (Å²) in [5.41, 5.74) is 0.512. The van der Waals surface area contributed by atoms with Crippen molar-refractivity contribution in [1.29, 1.82) is 0 Å². The van der Waals surface area contributed by atoms with E-state index in [0.29, 0.717) is 12.2 Å². The molecule has 4 saturated carbocycles. The summed E-state index contributed by atoms with van der Waals surface area (Å²) < 4.78 is 33.8. The average molecular weight is 481 g/mol. The number of rotatable bonds is 7. The van der Waals surface area contributed by atoms with Crippen LogP contribution in [0.15, 0.2) is 23.1 Å². The van der Waals surface area contributed by atoms with Gasteiger partial charge in [0.15, 0.2) is 0 Å². The summed E-state index contributed by atoms with van der Waals surface area (Å²) >= 11 is 6.22. The van der Waals surface area contributed by atoms with Crippen LogP contribution in [0.5, 0.6) is 0 Å². The van der Waals surface area contributed by atoms with Crippen LogP contribution in [-0.4, -0.2) is 39.6 Å². The van der Waals surface area contributed by atoms with Crippen LogP contribution < -0.4 is 10.0 Å². The number of nitrogens with one attached hydrogen (secondary N) is 2. The molecule has 2 N–H and O–H groups in total. The molecule has 2 atom stereocenters. The topological polar surface area (TPSA) is 84.5 Å². The number of sulfonamides is 1. The summed E-state index contributed by atoms with van der Waals surface area (Å²) in [6, 6.07) is 4.55. The summed E-state index contributed by atoms with van der Waals surface area (Å²) in [6.45, 7) is 2.99. The largest absolute Gasteiger partial charge is 0.377 e. The Kier molecular flexibility index (Phi) is 6.06. The second kappa shape index (κ2) is 8.57. The van der Waals surface area contributed by atoms with Crippen LogP contribution >= 0.6 is 11.6 Å². The van der Waals surface area contributed by atoms with Crippen molar-refractivity contribution < 1.29 is 17.9 Å². The second-order valence-corrected chi connectivity index (χ2v) is 12.7. The van der Waals surface area contributed by atoms with Gasteiger partial charge in [0.1, 0.15) is 4.90 Å². The predicted molar refractivity (Wildman–Crippen MR) is 123 cm³/mol. The summed E-state index contributed by atoms with van der Waals surface area (Å²) in [5.74, 6) is 2.19. The molecular formula is C24H33ClN2O4S. The Labute approximate surface area is 195 Å². The highest BCUT2D eigenvalue weighted by atomic mass is 35.5. The number of halogens is 1. The molecule has 1 aliphatic heterocycles. The Morgan fingerprint density at radius 3 is 2.44 bits per heavy atom. The van der Waals surface area contributed by atoms with E-state index >= 15 is 0 Å². The quantitative estimate of drug-likeness (QED) is 0.614. The number of amides is 1. The number of carbonyl (C=O) groups excluding carboxylic acids is 1. The standard InChI is InChI=1S/C24H33ClN2O4S/c1-15(24-11-16-7-17(12-24)9-18(8-16)13-24)27-23(28)19-4-5-21(25)22(10-19)32(29,30)26-14-20-3-2-6-31-20/h4-5,10,15-18,20,26H,2-3,6-9,11-14H2,1H3,(H,27,28)/t15-,16?,17?,18?,20+,24?/m1/s1. The number of hydrogen-bond donors (Lipinski definition) is 2. The fraction of sp³-hybridized carbons (Fsp3) is 0.708. The van der Waals surface area contributed by atoms with Crippen LogP contribution in [0, 0.1) is 23.2 Å². The fourth-order valence-corrected chi connectivity index (χ4v) is 8.67. The summed E-state index contributed by atoms with van der Waals surface area (Å²) in [7, 11) is -3.84. The molecule has 6 nitrogen and oxygen atoms in total. The van der Waals surface area contributed by atoms with Crippen LogP contribution in [0.2, 0.25) is 5.02 Å². The highest BCUT2D eigenvalue weighted by Gasteiger charge is 2.53. The van der Waals surface area contributed by atoms with E-state index in [1.165, 1.54) is 50.7 Å². The minimum atomic E-state index is -3.84. The van der Waals surface area contributed by atoms with Gasteiger partial charge in [0.05, 0.1) is 11.1 Å². The van der Waals surface area contributed by atoms with E-state index in [9.17, 15) is 13.2 Å². The zero-order valence-electron chi connectivity index (χ0n) is 18.6. The zero-order valence-corrected chi connectivity index (χ0v) is 20.2. The highest BCUT2D eigenvalue weighted by Crippen LogP contribution is 2.61. The van der Waals surface area contributed by atoms with E-state index in [4.69, 9.17) is 16.3 Å². The van der Waals surface area contributed by atoms with Crippen molar-refractivity contribution in [2.75, 3.05) is 13.2 Å².